The number of hydrogen-bond donors (Lipinski definition) is 2. The number of fused-ring (bicyclic) bond motifs is 2. The van der Waals surface area contributed by atoms with Crippen LogP contribution in [0.15, 0.2) is 48.9 Å². The number of carbonyl (C=O) groups is 1. The first-order valence-corrected chi connectivity index (χ1v) is 9.87. The third-order valence-electron chi connectivity index (χ3n) is 4.89. The van der Waals surface area contributed by atoms with E-state index in [1.807, 2.05) is 29.9 Å². The van der Waals surface area contributed by atoms with Gasteiger partial charge in [0.25, 0.3) is 0 Å². The van der Waals surface area contributed by atoms with Crippen molar-refractivity contribution in [3.63, 3.8) is 0 Å². The quantitative estimate of drug-likeness (QED) is 0.393. The first-order valence-electron chi connectivity index (χ1n) is 9.11. The normalized spacial score (nSPS) is 12.3. The van der Waals surface area contributed by atoms with E-state index >= 15 is 0 Å². The van der Waals surface area contributed by atoms with Crippen molar-refractivity contribution in [2.75, 3.05) is 10.6 Å². The average molecular weight is 477 g/mol. The van der Waals surface area contributed by atoms with Crippen LogP contribution in [0, 0.1) is 0 Å². The maximum absolute atomic E-state index is 11.8. The van der Waals surface area contributed by atoms with Crippen LogP contribution in [-0.2, 0) is 18.3 Å². The lowest BCUT2D eigenvalue weighted by molar-refractivity contribution is -0.115. The zero-order valence-corrected chi connectivity index (χ0v) is 18.5. The molecule has 0 radical (unpaired) electrons. The Hall–Kier alpha value is -3.00. The lowest BCUT2D eigenvalue weighted by atomic mass is 10.1. The molecule has 2 aromatic carbocycles. The van der Waals surface area contributed by atoms with Gasteiger partial charge in [-0.15, -0.1) is 12.4 Å². The standard InChI is InChI=1S/C21H15Cl2N5O2.ClH/c1-28-7-6-15-20(28)21(25-10-24-15)26-11-2-4-17(14(23)8-11)30-16-5-3-13(22)19-12(16)9-18(29)27-19;/h2-8,10H,9H2,1H3,(H,27,29)(H,24,25,26);1H. The van der Waals surface area contributed by atoms with E-state index < -0.39 is 0 Å². The minimum atomic E-state index is -0.120. The highest BCUT2D eigenvalue weighted by Gasteiger charge is 2.25. The monoisotopic (exact) mass is 475 g/mol. The van der Waals surface area contributed by atoms with Crippen LogP contribution in [-0.4, -0.2) is 20.4 Å². The Labute approximate surface area is 193 Å². The van der Waals surface area contributed by atoms with E-state index in [0.717, 1.165) is 22.3 Å². The van der Waals surface area contributed by atoms with Crippen LogP contribution < -0.4 is 15.4 Å². The number of hydrogen-bond acceptors (Lipinski definition) is 5. The van der Waals surface area contributed by atoms with E-state index in [0.29, 0.717) is 33.0 Å². The minimum Gasteiger partial charge on any atom is -0.455 e. The number of amides is 1. The van der Waals surface area contributed by atoms with Crippen molar-refractivity contribution in [3.05, 3.63) is 64.5 Å². The van der Waals surface area contributed by atoms with Gasteiger partial charge in [-0.3, -0.25) is 4.79 Å². The summed E-state index contributed by atoms with van der Waals surface area (Å²) >= 11 is 12.6. The number of ether oxygens (including phenoxy) is 1. The van der Waals surface area contributed by atoms with Crippen molar-refractivity contribution in [2.24, 2.45) is 7.05 Å². The van der Waals surface area contributed by atoms with Gasteiger partial charge in [-0.1, -0.05) is 23.2 Å². The molecule has 1 amide bonds. The predicted molar refractivity (Wildman–Crippen MR) is 124 cm³/mol. The van der Waals surface area contributed by atoms with Crippen LogP contribution in [0.3, 0.4) is 0 Å². The van der Waals surface area contributed by atoms with Gasteiger partial charge in [0.2, 0.25) is 5.91 Å². The average Bonchev–Trinajstić information content (AvgIpc) is 3.30. The Balaban J connectivity index is 0.00000231. The SMILES string of the molecule is Cl.Cn1ccc2ncnc(Nc3ccc(Oc4ccc(Cl)c5c4CC(=O)N5)c(Cl)c3)c21. The highest BCUT2D eigenvalue weighted by molar-refractivity contribution is 6.34. The Morgan fingerprint density at radius 3 is 2.71 bits per heavy atom. The zero-order chi connectivity index (χ0) is 20.8. The van der Waals surface area contributed by atoms with Crippen molar-refractivity contribution in [1.29, 1.82) is 0 Å². The van der Waals surface area contributed by atoms with E-state index in [1.165, 1.54) is 6.33 Å². The number of halogens is 3. The van der Waals surface area contributed by atoms with Gasteiger partial charge in [0.15, 0.2) is 5.82 Å². The molecule has 2 N–H and O–H groups in total. The summed E-state index contributed by atoms with van der Waals surface area (Å²) in [6.07, 6.45) is 3.65. The number of nitrogens with zero attached hydrogens (tertiary/aromatic N) is 3. The maximum atomic E-state index is 11.8. The number of benzene rings is 2. The molecule has 158 valence electrons. The summed E-state index contributed by atoms with van der Waals surface area (Å²) in [4.78, 5) is 20.4. The van der Waals surface area contributed by atoms with Crippen molar-refractivity contribution in [1.82, 2.24) is 14.5 Å². The van der Waals surface area contributed by atoms with Crippen molar-refractivity contribution >= 4 is 69.7 Å². The Morgan fingerprint density at radius 1 is 1.10 bits per heavy atom. The number of rotatable bonds is 4. The predicted octanol–water partition coefficient (Wildman–Crippen LogP) is 5.73. The molecule has 31 heavy (non-hydrogen) atoms. The summed E-state index contributed by atoms with van der Waals surface area (Å²) in [5, 5.41) is 6.92. The van der Waals surface area contributed by atoms with E-state index in [2.05, 4.69) is 20.6 Å². The van der Waals surface area contributed by atoms with Crippen LogP contribution in [0.5, 0.6) is 11.5 Å². The molecule has 0 aliphatic carbocycles. The zero-order valence-electron chi connectivity index (χ0n) is 16.1. The van der Waals surface area contributed by atoms with Gasteiger partial charge in [-0.05, 0) is 36.4 Å². The maximum Gasteiger partial charge on any atom is 0.229 e. The number of nitrogens with one attached hydrogen (secondary N) is 2. The van der Waals surface area contributed by atoms with Gasteiger partial charge in [-0.25, -0.2) is 9.97 Å². The minimum absolute atomic E-state index is 0. The van der Waals surface area contributed by atoms with Crippen LogP contribution in [0.25, 0.3) is 11.0 Å². The molecule has 0 fully saturated rings. The highest BCUT2D eigenvalue weighted by Crippen LogP contribution is 2.41. The molecule has 5 rings (SSSR count). The second-order valence-electron chi connectivity index (χ2n) is 6.88. The van der Waals surface area contributed by atoms with Gasteiger partial charge in [0, 0.05) is 24.5 Å². The summed E-state index contributed by atoms with van der Waals surface area (Å²) in [5.41, 5.74) is 3.80. The molecular formula is C21H16Cl3N5O2. The van der Waals surface area contributed by atoms with Gasteiger partial charge >= 0.3 is 0 Å². The summed E-state index contributed by atoms with van der Waals surface area (Å²) in [5.74, 6) is 1.57. The van der Waals surface area contributed by atoms with Crippen molar-refractivity contribution in [2.45, 2.75) is 6.42 Å². The third kappa shape index (κ3) is 3.87. The largest absolute Gasteiger partial charge is 0.455 e. The summed E-state index contributed by atoms with van der Waals surface area (Å²) < 4.78 is 7.95. The topological polar surface area (TPSA) is 81.1 Å². The molecular weight excluding hydrogens is 461 g/mol. The van der Waals surface area contributed by atoms with Gasteiger partial charge in [0.05, 0.1) is 27.7 Å². The smallest absolute Gasteiger partial charge is 0.229 e. The molecule has 10 heteroatoms. The van der Waals surface area contributed by atoms with Gasteiger partial charge in [-0.2, -0.15) is 0 Å². The lowest BCUT2D eigenvalue weighted by Crippen LogP contribution is -2.03. The van der Waals surface area contributed by atoms with Crippen LogP contribution in [0.1, 0.15) is 5.56 Å². The van der Waals surface area contributed by atoms with E-state index in [4.69, 9.17) is 27.9 Å². The Morgan fingerprint density at radius 2 is 1.90 bits per heavy atom. The molecule has 4 aromatic rings. The molecule has 0 unspecified atom stereocenters. The molecule has 0 saturated heterocycles. The molecule has 1 aliphatic heterocycles. The Kier molecular flexibility index (Phi) is 5.66. The van der Waals surface area contributed by atoms with Crippen LogP contribution in [0.4, 0.5) is 17.2 Å². The number of carbonyl (C=O) groups excluding carboxylic acids is 1. The van der Waals surface area contributed by atoms with Gasteiger partial charge in [0.1, 0.15) is 23.3 Å². The summed E-state index contributed by atoms with van der Waals surface area (Å²) in [7, 11) is 1.94. The number of aromatic nitrogens is 3. The number of anilines is 3. The molecule has 0 spiro atoms. The fourth-order valence-electron chi connectivity index (χ4n) is 3.48. The number of aryl methyl sites for hydroxylation is 1. The molecule has 1 aliphatic rings. The molecule has 0 atom stereocenters. The first-order chi connectivity index (χ1) is 14.5. The second-order valence-corrected chi connectivity index (χ2v) is 7.69. The van der Waals surface area contributed by atoms with Gasteiger partial charge < -0.3 is 19.9 Å². The van der Waals surface area contributed by atoms with Crippen LogP contribution >= 0.6 is 35.6 Å². The highest BCUT2D eigenvalue weighted by atomic mass is 35.5. The van der Waals surface area contributed by atoms with Crippen molar-refractivity contribution < 1.29 is 9.53 Å². The summed E-state index contributed by atoms with van der Waals surface area (Å²) in [6.45, 7) is 0. The fraction of sp³-hybridized carbons (Fsp3) is 0.0952. The summed E-state index contributed by atoms with van der Waals surface area (Å²) in [6, 6.07) is 10.7. The third-order valence-corrected chi connectivity index (χ3v) is 5.50. The lowest BCUT2D eigenvalue weighted by Gasteiger charge is -2.13. The Bertz CT molecular complexity index is 1320. The molecule has 3 heterocycles. The molecule has 7 nitrogen and oxygen atoms in total. The van der Waals surface area contributed by atoms with E-state index in [9.17, 15) is 4.79 Å². The van der Waals surface area contributed by atoms with E-state index in [-0.39, 0.29) is 24.7 Å². The molecule has 0 saturated carbocycles. The van der Waals surface area contributed by atoms with Crippen molar-refractivity contribution in [3.8, 4) is 11.5 Å². The fourth-order valence-corrected chi connectivity index (χ4v) is 3.92. The van der Waals surface area contributed by atoms with E-state index in [1.54, 1.807) is 24.3 Å². The first kappa shape index (κ1) is 21.2. The second kappa shape index (κ2) is 8.26. The van der Waals surface area contributed by atoms with Crippen LogP contribution in [0.2, 0.25) is 10.0 Å². The molecule has 2 aromatic heterocycles. The molecule has 0 bridgehead atoms.